The molecule has 3 nitrogen and oxygen atoms in total. The molecule has 0 aliphatic carbocycles. The molecular formula is C14H21ClN2O. The van der Waals surface area contributed by atoms with E-state index in [-0.39, 0.29) is 0 Å². The molecule has 1 saturated heterocycles. The summed E-state index contributed by atoms with van der Waals surface area (Å²) < 4.78 is 5.43. The van der Waals surface area contributed by atoms with Crippen LogP contribution in [0.4, 0.5) is 5.69 Å². The minimum atomic E-state index is 0.499. The summed E-state index contributed by atoms with van der Waals surface area (Å²) in [6, 6.07) is 7.03. The zero-order valence-electron chi connectivity index (χ0n) is 11.2. The molecule has 0 aromatic heterocycles. The molecule has 18 heavy (non-hydrogen) atoms. The fourth-order valence-electron chi connectivity index (χ4n) is 2.40. The van der Waals surface area contributed by atoms with Gasteiger partial charge in [0.25, 0.3) is 0 Å². The van der Waals surface area contributed by atoms with Gasteiger partial charge in [-0.2, -0.15) is 0 Å². The molecule has 1 heterocycles. The fourth-order valence-corrected chi connectivity index (χ4v) is 2.63. The van der Waals surface area contributed by atoms with Gasteiger partial charge in [0.15, 0.2) is 0 Å². The summed E-state index contributed by atoms with van der Waals surface area (Å²) in [5.41, 5.74) is 1.07. The van der Waals surface area contributed by atoms with Gasteiger partial charge in [0.05, 0.1) is 11.6 Å². The third-order valence-corrected chi connectivity index (χ3v) is 3.78. The van der Waals surface area contributed by atoms with E-state index in [1.807, 2.05) is 25.1 Å². The van der Waals surface area contributed by atoms with Gasteiger partial charge in [-0.05, 0) is 45.5 Å². The Morgan fingerprint density at radius 2 is 2.28 bits per heavy atom. The fraction of sp³-hybridized carbons (Fsp3) is 0.571. The topological polar surface area (TPSA) is 24.5 Å². The second-order valence-corrected chi connectivity index (χ2v) is 5.35. The number of likely N-dealkylation sites (N-methyl/N-ethyl adjacent to an activating group) is 1. The highest BCUT2D eigenvalue weighted by molar-refractivity contribution is 6.32. The molecular weight excluding hydrogens is 248 g/mol. The van der Waals surface area contributed by atoms with E-state index in [1.165, 1.54) is 6.42 Å². The van der Waals surface area contributed by atoms with Crippen LogP contribution in [0.2, 0.25) is 5.02 Å². The van der Waals surface area contributed by atoms with Gasteiger partial charge < -0.3 is 15.0 Å². The zero-order valence-corrected chi connectivity index (χ0v) is 12.0. The standard InChI is InChI=1S/C14H21ClN2O/c1-4-18-14-6-5-11(8-13(14)15)16-12-7-10(2)17(3)9-12/h5-6,8,10,12,16H,4,7,9H2,1-3H3. The van der Waals surface area contributed by atoms with Crippen molar-refractivity contribution in [2.24, 2.45) is 0 Å². The van der Waals surface area contributed by atoms with Crippen LogP contribution in [0.25, 0.3) is 0 Å². The molecule has 2 unspecified atom stereocenters. The number of likely N-dealkylation sites (tertiary alicyclic amines) is 1. The molecule has 100 valence electrons. The highest BCUT2D eigenvalue weighted by atomic mass is 35.5. The van der Waals surface area contributed by atoms with Crippen LogP contribution in [-0.4, -0.2) is 37.2 Å². The molecule has 0 radical (unpaired) electrons. The van der Waals surface area contributed by atoms with Gasteiger partial charge in [0, 0.05) is 24.3 Å². The Labute approximate surface area is 114 Å². The lowest BCUT2D eigenvalue weighted by molar-refractivity contribution is 0.330. The molecule has 1 N–H and O–H groups in total. The number of halogens is 1. The van der Waals surface area contributed by atoms with Crippen molar-refractivity contribution in [2.45, 2.75) is 32.4 Å². The second-order valence-electron chi connectivity index (χ2n) is 4.94. The van der Waals surface area contributed by atoms with Crippen molar-refractivity contribution in [1.29, 1.82) is 0 Å². The van der Waals surface area contributed by atoms with Gasteiger partial charge in [-0.15, -0.1) is 0 Å². The summed E-state index contributed by atoms with van der Waals surface area (Å²) in [7, 11) is 2.16. The van der Waals surface area contributed by atoms with E-state index in [4.69, 9.17) is 16.3 Å². The zero-order chi connectivity index (χ0) is 13.1. The average molecular weight is 269 g/mol. The van der Waals surface area contributed by atoms with Gasteiger partial charge in [-0.1, -0.05) is 11.6 Å². The SMILES string of the molecule is CCOc1ccc(NC2CC(C)N(C)C2)cc1Cl. The molecule has 1 aromatic rings. The first-order valence-corrected chi connectivity index (χ1v) is 6.87. The van der Waals surface area contributed by atoms with Crippen LogP contribution in [0.1, 0.15) is 20.3 Å². The van der Waals surface area contributed by atoms with Gasteiger partial charge in [0.2, 0.25) is 0 Å². The Balaban J connectivity index is 2.00. The quantitative estimate of drug-likeness (QED) is 0.907. The molecule has 4 heteroatoms. The smallest absolute Gasteiger partial charge is 0.138 e. The number of nitrogens with zero attached hydrogens (tertiary/aromatic N) is 1. The first-order chi connectivity index (χ1) is 8.60. The maximum absolute atomic E-state index is 6.18. The lowest BCUT2D eigenvalue weighted by atomic mass is 10.2. The van der Waals surface area contributed by atoms with Gasteiger partial charge >= 0.3 is 0 Å². The summed E-state index contributed by atoms with van der Waals surface area (Å²) in [6.45, 7) is 5.93. The average Bonchev–Trinajstić information content (AvgIpc) is 2.62. The van der Waals surface area contributed by atoms with Crippen molar-refractivity contribution in [1.82, 2.24) is 4.90 Å². The second kappa shape index (κ2) is 5.81. The first kappa shape index (κ1) is 13.5. The predicted molar refractivity (Wildman–Crippen MR) is 76.7 cm³/mol. The first-order valence-electron chi connectivity index (χ1n) is 6.49. The van der Waals surface area contributed by atoms with Crippen molar-refractivity contribution < 1.29 is 4.74 Å². The molecule has 0 spiro atoms. The minimum absolute atomic E-state index is 0.499. The lowest BCUT2D eigenvalue weighted by Gasteiger charge is -2.15. The van der Waals surface area contributed by atoms with Crippen molar-refractivity contribution in [3.63, 3.8) is 0 Å². The Bertz CT molecular complexity index is 401. The number of benzene rings is 1. The molecule has 2 rings (SSSR count). The number of hydrogen-bond acceptors (Lipinski definition) is 3. The predicted octanol–water partition coefficient (Wildman–Crippen LogP) is 3.24. The van der Waals surface area contributed by atoms with Crippen molar-refractivity contribution in [3.8, 4) is 5.75 Å². The summed E-state index contributed by atoms with van der Waals surface area (Å²) in [4.78, 5) is 2.37. The maximum Gasteiger partial charge on any atom is 0.138 e. The summed E-state index contributed by atoms with van der Waals surface area (Å²) in [5, 5.41) is 4.20. The number of rotatable bonds is 4. The third kappa shape index (κ3) is 3.09. The van der Waals surface area contributed by atoms with E-state index in [2.05, 4.69) is 24.2 Å². The molecule has 2 atom stereocenters. The number of anilines is 1. The molecule has 1 fully saturated rings. The molecule has 0 amide bonds. The number of nitrogens with one attached hydrogen (secondary N) is 1. The minimum Gasteiger partial charge on any atom is -0.492 e. The van der Waals surface area contributed by atoms with Crippen LogP contribution < -0.4 is 10.1 Å². The summed E-state index contributed by atoms with van der Waals surface area (Å²) in [6.07, 6.45) is 1.17. The van der Waals surface area contributed by atoms with Crippen LogP contribution in [0.3, 0.4) is 0 Å². The highest BCUT2D eigenvalue weighted by Crippen LogP contribution is 2.29. The van der Waals surface area contributed by atoms with E-state index in [9.17, 15) is 0 Å². The van der Waals surface area contributed by atoms with Crippen molar-refractivity contribution in [3.05, 3.63) is 23.2 Å². The van der Waals surface area contributed by atoms with Gasteiger partial charge in [-0.25, -0.2) is 0 Å². The Kier molecular flexibility index (Phi) is 4.36. The molecule has 1 aliphatic rings. The Hall–Kier alpha value is -0.930. The Morgan fingerprint density at radius 3 is 2.83 bits per heavy atom. The molecule has 1 aromatic carbocycles. The van der Waals surface area contributed by atoms with Crippen molar-refractivity contribution in [2.75, 3.05) is 25.5 Å². The van der Waals surface area contributed by atoms with Crippen molar-refractivity contribution >= 4 is 17.3 Å². The monoisotopic (exact) mass is 268 g/mol. The number of hydrogen-bond donors (Lipinski definition) is 1. The van der Waals surface area contributed by atoms with Crippen LogP contribution in [0, 0.1) is 0 Å². The molecule has 1 aliphatic heterocycles. The molecule has 0 saturated carbocycles. The maximum atomic E-state index is 6.18. The van der Waals surface area contributed by atoms with E-state index >= 15 is 0 Å². The van der Waals surface area contributed by atoms with E-state index in [0.29, 0.717) is 23.7 Å². The van der Waals surface area contributed by atoms with Crippen LogP contribution in [0.5, 0.6) is 5.75 Å². The number of ether oxygens (including phenoxy) is 1. The van der Waals surface area contributed by atoms with E-state index in [1.54, 1.807) is 0 Å². The largest absolute Gasteiger partial charge is 0.492 e. The van der Waals surface area contributed by atoms with Crippen LogP contribution >= 0.6 is 11.6 Å². The van der Waals surface area contributed by atoms with Gasteiger partial charge in [-0.3, -0.25) is 0 Å². The Morgan fingerprint density at radius 1 is 1.50 bits per heavy atom. The third-order valence-electron chi connectivity index (χ3n) is 3.49. The summed E-state index contributed by atoms with van der Waals surface area (Å²) in [5.74, 6) is 0.752. The summed E-state index contributed by atoms with van der Waals surface area (Å²) >= 11 is 6.18. The van der Waals surface area contributed by atoms with E-state index in [0.717, 1.165) is 18.0 Å². The van der Waals surface area contributed by atoms with Crippen LogP contribution in [0.15, 0.2) is 18.2 Å². The van der Waals surface area contributed by atoms with Crippen LogP contribution in [-0.2, 0) is 0 Å². The lowest BCUT2D eigenvalue weighted by Crippen LogP contribution is -2.24. The van der Waals surface area contributed by atoms with Gasteiger partial charge in [0.1, 0.15) is 5.75 Å². The normalized spacial score (nSPS) is 24.2. The van der Waals surface area contributed by atoms with E-state index < -0.39 is 0 Å². The molecule has 0 bridgehead atoms. The highest BCUT2D eigenvalue weighted by Gasteiger charge is 2.25.